The van der Waals surface area contributed by atoms with Crippen molar-refractivity contribution < 1.29 is 14.4 Å². The second kappa shape index (κ2) is 8.02. The zero-order valence-electron chi connectivity index (χ0n) is 17.5. The van der Waals surface area contributed by atoms with E-state index in [0.717, 1.165) is 11.1 Å². The molecule has 2 N–H and O–H groups in total. The number of Topliss-reactive ketones (excluding diaryl/α,β-unsaturated/α-hetero) is 1. The van der Waals surface area contributed by atoms with E-state index in [4.69, 9.17) is 5.73 Å². The van der Waals surface area contributed by atoms with Crippen LogP contribution in [0.2, 0.25) is 0 Å². The molecule has 7 heteroatoms. The zero-order chi connectivity index (χ0) is 22.1. The molecule has 0 bridgehead atoms. The Kier molecular flexibility index (Phi) is 5.64. The molecule has 0 atom stereocenters. The topological polar surface area (TPSA) is 105 Å². The second-order valence-corrected chi connectivity index (χ2v) is 7.87. The highest BCUT2D eigenvalue weighted by Crippen LogP contribution is 2.40. The quantitative estimate of drug-likeness (QED) is 0.473. The van der Waals surface area contributed by atoms with Gasteiger partial charge >= 0.3 is 0 Å². The van der Waals surface area contributed by atoms with E-state index >= 15 is 0 Å². The first-order chi connectivity index (χ1) is 14.1. The Labute approximate surface area is 175 Å². The third-order valence-electron chi connectivity index (χ3n) is 5.04. The molecular weight excluding hydrogens is 380 g/mol. The Morgan fingerprint density at radius 1 is 1.00 bits per heavy atom. The normalized spacial score (nSPS) is 16.9. The summed E-state index contributed by atoms with van der Waals surface area (Å²) in [6.07, 6.45) is 0.627. The van der Waals surface area contributed by atoms with Gasteiger partial charge in [0.15, 0.2) is 11.5 Å². The molecule has 0 aliphatic carbocycles. The number of hydrogen-bond acceptors (Lipinski definition) is 5. The van der Waals surface area contributed by atoms with Gasteiger partial charge < -0.3 is 10.6 Å². The summed E-state index contributed by atoms with van der Waals surface area (Å²) in [5, 5.41) is 8.27. The van der Waals surface area contributed by atoms with Crippen molar-refractivity contribution in [2.45, 2.75) is 39.7 Å². The van der Waals surface area contributed by atoms with Gasteiger partial charge in [0, 0.05) is 23.6 Å². The van der Waals surface area contributed by atoms with Crippen molar-refractivity contribution in [3.05, 3.63) is 70.9 Å². The summed E-state index contributed by atoms with van der Waals surface area (Å²) >= 11 is 0. The predicted octanol–water partition coefficient (Wildman–Crippen LogP) is 4.01. The number of ketones is 1. The molecular formula is C23H24N4O3. The number of primary amides is 1. The van der Waals surface area contributed by atoms with Crippen molar-refractivity contribution in [3.8, 4) is 0 Å². The zero-order valence-corrected chi connectivity index (χ0v) is 17.5. The van der Waals surface area contributed by atoms with Crippen LogP contribution < -0.4 is 5.73 Å². The number of fused-ring (bicyclic) bond motifs is 1. The predicted molar refractivity (Wildman–Crippen MR) is 114 cm³/mol. The van der Waals surface area contributed by atoms with Gasteiger partial charge in [-0.1, -0.05) is 24.3 Å². The van der Waals surface area contributed by atoms with Gasteiger partial charge in [-0.25, -0.2) is 0 Å². The van der Waals surface area contributed by atoms with Gasteiger partial charge in [-0.05, 0) is 57.0 Å². The van der Waals surface area contributed by atoms with Gasteiger partial charge in [0.05, 0.1) is 11.4 Å². The monoisotopic (exact) mass is 404 g/mol. The van der Waals surface area contributed by atoms with Gasteiger partial charge in [0.25, 0.3) is 5.91 Å². The van der Waals surface area contributed by atoms with Crippen molar-refractivity contribution in [1.29, 1.82) is 0 Å². The van der Waals surface area contributed by atoms with E-state index < -0.39 is 11.4 Å². The summed E-state index contributed by atoms with van der Waals surface area (Å²) < 4.78 is 0. The molecule has 1 aliphatic rings. The molecule has 1 aliphatic heterocycles. The van der Waals surface area contributed by atoms with Crippen LogP contribution in [-0.4, -0.2) is 28.0 Å². The lowest BCUT2D eigenvalue weighted by atomic mass is 9.83. The fourth-order valence-electron chi connectivity index (χ4n) is 3.77. The number of nitrogens with zero attached hydrogens (tertiary/aromatic N) is 3. The molecule has 0 saturated carbocycles. The van der Waals surface area contributed by atoms with Crippen LogP contribution in [0.15, 0.2) is 64.5 Å². The largest absolute Gasteiger partial charge is 0.364 e. The summed E-state index contributed by atoms with van der Waals surface area (Å²) in [6.45, 7) is 6.79. The van der Waals surface area contributed by atoms with E-state index in [2.05, 4.69) is 10.2 Å². The maximum Gasteiger partial charge on any atom is 0.271 e. The first-order valence-corrected chi connectivity index (χ1v) is 9.57. The Morgan fingerprint density at radius 3 is 2.20 bits per heavy atom. The molecule has 2 aromatic rings. The molecule has 2 amide bonds. The minimum absolute atomic E-state index is 0.0587. The minimum Gasteiger partial charge on any atom is -0.364 e. The average Bonchev–Trinajstić information content (AvgIpc) is 2.66. The summed E-state index contributed by atoms with van der Waals surface area (Å²) in [4.78, 5) is 38.0. The Hall–Kier alpha value is -3.61. The number of carbonyl (C=O) groups excluding carboxylic acids is 3. The van der Waals surface area contributed by atoms with Gasteiger partial charge in [-0.3, -0.25) is 14.4 Å². The number of rotatable bonds is 4. The van der Waals surface area contributed by atoms with Crippen molar-refractivity contribution in [1.82, 2.24) is 4.90 Å². The summed E-state index contributed by atoms with van der Waals surface area (Å²) in [7, 11) is 0. The molecule has 154 valence electrons. The highest BCUT2D eigenvalue weighted by molar-refractivity contribution is 6.03. The third-order valence-corrected chi connectivity index (χ3v) is 5.04. The number of carbonyl (C=O) groups is 3. The summed E-state index contributed by atoms with van der Waals surface area (Å²) in [6, 6.07) is 14.1. The van der Waals surface area contributed by atoms with Crippen LogP contribution in [0.3, 0.4) is 0 Å². The number of azo groups is 1. The standard InChI is InChI=1S/C23H24N4O3/c1-14(28)16-9-11-18(12-10-16)25-26-20(22(24)30)21-19-8-6-5-7-17(19)13-23(3,4)27(21)15(2)29/h5-12H,13H2,1-4H3,(H2,24,30)/b21-20+,26-25+. The van der Waals surface area contributed by atoms with Crippen molar-refractivity contribution in [3.63, 3.8) is 0 Å². The SMILES string of the molecule is CC(=O)c1ccc(/N=N/C(C(N)=O)=C2\c3ccccc3CC(C)(C)N2C(C)=O)cc1. The average molecular weight is 404 g/mol. The number of nitrogens with two attached hydrogens (primary N) is 1. The van der Waals surface area contributed by atoms with Crippen molar-refractivity contribution in [2.75, 3.05) is 0 Å². The number of amides is 2. The molecule has 3 rings (SSSR count). The van der Waals surface area contributed by atoms with Gasteiger partial charge in [0.1, 0.15) is 0 Å². The van der Waals surface area contributed by atoms with Crippen LogP contribution in [-0.2, 0) is 16.0 Å². The first-order valence-electron chi connectivity index (χ1n) is 9.57. The fourth-order valence-corrected chi connectivity index (χ4v) is 3.77. The Balaban J connectivity index is 2.19. The van der Waals surface area contributed by atoms with Gasteiger partial charge in [0.2, 0.25) is 5.91 Å². The lowest BCUT2D eigenvalue weighted by Gasteiger charge is -2.44. The Morgan fingerprint density at radius 2 is 1.63 bits per heavy atom. The minimum atomic E-state index is -0.784. The summed E-state index contributed by atoms with van der Waals surface area (Å²) in [5.41, 5.74) is 8.08. The van der Waals surface area contributed by atoms with Crippen LogP contribution in [0.1, 0.15) is 49.2 Å². The molecule has 0 aromatic heterocycles. The lowest BCUT2D eigenvalue weighted by molar-refractivity contribution is -0.129. The van der Waals surface area contributed by atoms with E-state index in [0.29, 0.717) is 23.4 Å². The molecule has 2 aromatic carbocycles. The van der Waals surface area contributed by atoms with Crippen LogP contribution in [0.5, 0.6) is 0 Å². The smallest absolute Gasteiger partial charge is 0.271 e. The molecule has 0 spiro atoms. The molecule has 1 heterocycles. The molecule has 0 unspecified atom stereocenters. The van der Waals surface area contributed by atoms with Gasteiger partial charge in [-0.15, -0.1) is 5.11 Å². The van der Waals surface area contributed by atoms with Crippen LogP contribution >= 0.6 is 0 Å². The first kappa shape index (κ1) is 21.1. The lowest BCUT2D eigenvalue weighted by Crippen LogP contribution is -2.50. The van der Waals surface area contributed by atoms with Crippen LogP contribution in [0.4, 0.5) is 5.69 Å². The number of benzene rings is 2. The van der Waals surface area contributed by atoms with Crippen LogP contribution in [0.25, 0.3) is 5.70 Å². The third kappa shape index (κ3) is 4.05. The highest BCUT2D eigenvalue weighted by atomic mass is 16.2. The molecule has 0 radical (unpaired) electrons. The van der Waals surface area contributed by atoms with Crippen LogP contribution in [0, 0.1) is 0 Å². The maximum atomic E-state index is 12.6. The summed E-state index contributed by atoms with van der Waals surface area (Å²) in [5.74, 6) is -1.06. The van der Waals surface area contributed by atoms with E-state index in [1.807, 2.05) is 38.1 Å². The van der Waals surface area contributed by atoms with Crippen molar-refractivity contribution >= 4 is 29.0 Å². The molecule has 0 fully saturated rings. The molecule has 30 heavy (non-hydrogen) atoms. The fraction of sp³-hybridized carbons (Fsp3) is 0.261. The second-order valence-electron chi connectivity index (χ2n) is 7.87. The highest BCUT2D eigenvalue weighted by Gasteiger charge is 2.40. The maximum absolute atomic E-state index is 12.6. The van der Waals surface area contributed by atoms with Crippen molar-refractivity contribution in [2.24, 2.45) is 16.0 Å². The van der Waals surface area contributed by atoms with E-state index in [1.165, 1.54) is 13.8 Å². The molecule has 0 saturated heterocycles. The van der Waals surface area contributed by atoms with E-state index in [1.54, 1.807) is 29.2 Å². The van der Waals surface area contributed by atoms with E-state index in [9.17, 15) is 14.4 Å². The van der Waals surface area contributed by atoms with Gasteiger partial charge in [-0.2, -0.15) is 5.11 Å². The number of hydrogen-bond donors (Lipinski definition) is 1. The van der Waals surface area contributed by atoms with E-state index in [-0.39, 0.29) is 17.4 Å². The Bertz CT molecular complexity index is 1080. The molecule has 7 nitrogen and oxygen atoms in total.